The van der Waals surface area contributed by atoms with E-state index < -0.39 is 0 Å². The van der Waals surface area contributed by atoms with E-state index in [0.29, 0.717) is 30.4 Å². The van der Waals surface area contributed by atoms with Gasteiger partial charge in [0.15, 0.2) is 11.8 Å². The summed E-state index contributed by atoms with van der Waals surface area (Å²) in [7, 11) is 0. The van der Waals surface area contributed by atoms with E-state index in [1.165, 1.54) is 6.07 Å². The lowest BCUT2D eigenvalue weighted by molar-refractivity contribution is 0.367. The van der Waals surface area contributed by atoms with Crippen LogP contribution in [0.1, 0.15) is 18.6 Å². The van der Waals surface area contributed by atoms with Gasteiger partial charge in [-0.15, -0.1) is 0 Å². The molecule has 1 aliphatic heterocycles. The number of piperazine rings is 1. The summed E-state index contributed by atoms with van der Waals surface area (Å²) in [5.41, 5.74) is 0.667. The van der Waals surface area contributed by atoms with Gasteiger partial charge in [-0.05, 0) is 26.0 Å². The molecule has 1 fully saturated rings. The van der Waals surface area contributed by atoms with Crippen LogP contribution in [0.2, 0.25) is 0 Å². The summed E-state index contributed by atoms with van der Waals surface area (Å²) >= 11 is 0. The smallest absolute Gasteiger partial charge is 0.228 e. The Labute approximate surface area is 152 Å². The van der Waals surface area contributed by atoms with Gasteiger partial charge in [0.05, 0.1) is 12.2 Å². The average molecular weight is 360 g/mol. The first-order valence-corrected chi connectivity index (χ1v) is 8.99. The number of hydrogen-bond acceptors (Lipinski definition) is 5. The van der Waals surface area contributed by atoms with Crippen molar-refractivity contribution in [2.75, 3.05) is 44.2 Å². The fourth-order valence-corrected chi connectivity index (χ4v) is 2.99. The molecule has 3 rings (SSSR count). The molecule has 2 aromatic rings. The van der Waals surface area contributed by atoms with E-state index in [1.807, 2.05) is 19.1 Å². The van der Waals surface area contributed by atoms with Gasteiger partial charge in [-0.1, -0.05) is 17.3 Å². The van der Waals surface area contributed by atoms with Crippen LogP contribution < -0.4 is 10.2 Å². The van der Waals surface area contributed by atoms with Crippen LogP contribution in [-0.4, -0.2) is 60.3 Å². The number of aryl methyl sites for hydroxylation is 1. The van der Waals surface area contributed by atoms with Crippen LogP contribution in [0.15, 0.2) is 33.8 Å². The van der Waals surface area contributed by atoms with Crippen LogP contribution >= 0.6 is 0 Å². The Morgan fingerprint density at radius 3 is 2.69 bits per heavy atom. The van der Waals surface area contributed by atoms with Gasteiger partial charge in [0.1, 0.15) is 5.82 Å². The number of aromatic nitrogens is 2. The third-order valence-electron chi connectivity index (χ3n) is 4.26. The number of anilines is 1. The van der Waals surface area contributed by atoms with E-state index in [9.17, 15) is 4.39 Å². The monoisotopic (exact) mass is 360 g/mol. The molecule has 0 unspecified atom stereocenters. The summed E-state index contributed by atoms with van der Waals surface area (Å²) in [6.45, 7) is 8.33. The lowest BCUT2D eigenvalue weighted by Gasteiger charge is -2.37. The molecule has 2 heterocycles. The Hall–Kier alpha value is -2.64. The second-order valence-corrected chi connectivity index (χ2v) is 6.15. The van der Waals surface area contributed by atoms with E-state index in [1.54, 1.807) is 13.0 Å². The highest BCUT2D eigenvalue weighted by atomic mass is 19.1. The van der Waals surface area contributed by atoms with Crippen molar-refractivity contribution in [3.63, 3.8) is 0 Å². The van der Waals surface area contributed by atoms with Gasteiger partial charge < -0.3 is 19.6 Å². The fourth-order valence-electron chi connectivity index (χ4n) is 2.99. The average Bonchev–Trinajstić information content (AvgIpc) is 3.07. The minimum atomic E-state index is -0.170. The van der Waals surface area contributed by atoms with Crippen LogP contribution in [0.5, 0.6) is 0 Å². The molecule has 0 aliphatic carbocycles. The maximum absolute atomic E-state index is 14.0. The number of rotatable bonds is 5. The maximum atomic E-state index is 14.0. The first-order chi connectivity index (χ1) is 12.7. The zero-order chi connectivity index (χ0) is 18.4. The molecule has 0 spiro atoms. The maximum Gasteiger partial charge on any atom is 0.228 e. The number of benzene rings is 1. The number of aliphatic imine (C=N–C) groups is 1. The summed E-state index contributed by atoms with van der Waals surface area (Å²) in [6, 6.07) is 6.93. The van der Waals surface area contributed by atoms with Crippen LogP contribution in [-0.2, 0) is 6.42 Å². The lowest BCUT2D eigenvalue weighted by Crippen LogP contribution is -2.52. The van der Waals surface area contributed by atoms with Gasteiger partial charge in [-0.3, -0.25) is 4.99 Å². The number of para-hydroxylation sites is 1. The number of nitrogens with one attached hydrogen (secondary N) is 1. The molecular weight excluding hydrogens is 335 g/mol. The second-order valence-electron chi connectivity index (χ2n) is 6.15. The normalized spacial score (nSPS) is 15.4. The Balaban J connectivity index is 1.57. The van der Waals surface area contributed by atoms with Gasteiger partial charge in [0.25, 0.3) is 0 Å². The van der Waals surface area contributed by atoms with E-state index in [0.717, 1.165) is 38.7 Å². The molecule has 0 saturated carbocycles. The number of halogens is 1. The minimum absolute atomic E-state index is 0.170. The van der Waals surface area contributed by atoms with Crippen molar-refractivity contribution in [2.24, 2.45) is 4.99 Å². The molecular formula is C18H25FN6O. The van der Waals surface area contributed by atoms with Crippen molar-refractivity contribution in [2.45, 2.75) is 20.3 Å². The third kappa shape index (κ3) is 4.50. The number of nitrogens with zero attached hydrogens (tertiary/aromatic N) is 5. The predicted molar refractivity (Wildman–Crippen MR) is 98.9 cm³/mol. The van der Waals surface area contributed by atoms with Crippen molar-refractivity contribution < 1.29 is 8.91 Å². The molecule has 1 saturated heterocycles. The SMILES string of the molecule is CCNC(=NCCc1nc(C)no1)N1CCN(c2ccccc2F)CC1. The molecule has 26 heavy (non-hydrogen) atoms. The highest BCUT2D eigenvalue weighted by Crippen LogP contribution is 2.20. The topological polar surface area (TPSA) is 69.8 Å². The minimum Gasteiger partial charge on any atom is -0.366 e. The van der Waals surface area contributed by atoms with Crippen molar-refractivity contribution >= 4 is 11.6 Å². The third-order valence-corrected chi connectivity index (χ3v) is 4.26. The zero-order valence-electron chi connectivity index (χ0n) is 15.3. The molecule has 7 nitrogen and oxygen atoms in total. The molecule has 1 aromatic heterocycles. The van der Waals surface area contributed by atoms with E-state index in [-0.39, 0.29) is 5.82 Å². The van der Waals surface area contributed by atoms with Crippen LogP contribution in [0.3, 0.4) is 0 Å². The van der Waals surface area contributed by atoms with Crippen LogP contribution in [0.25, 0.3) is 0 Å². The Morgan fingerprint density at radius 1 is 1.27 bits per heavy atom. The lowest BCUT2D eigenvalue weighted by atomic mass is 10.2. The largest absolute Gasteiger partial charge is 0.366 e. The highest BCUT2D eigenvalue weighted by Gasteiger charge is 2.21. The first-order valence-electron chi connectivity index (χ1n) is 8.99. The van der Waals surface area contributed by atoms with Crippen molar-refractivity contribution in [1.82, 2.24) is 20.4 Å². The van der Waals surface area contributed by atoms with Gasteiger partial charge in [-0.25, -0.2) is 4.39 Å². The zero-order valence-corrected chi connectivity index (χ0v) is 15.3. The van der Waals surface area contributed by atoms with E-state index in [4.69, 9.17) is 4.52 Å². The summed E-state index contributed by atoms with van der Waals surface area (Å²) in [5, 5.41) is 7.11. The Bertz CT molecular complexity index is 739. The molecule has 1 aromatic carbocycles. The molecule has 0 bridgehead atoms. The van der Waals surface area contributed by atoms with Crippen molar-refractivity contribution in [1.29, 1.82) is 0 Å². The Morgan fingerprint density at radius 2 is 2.04 bits per heavy atom. The summed E-state index contributed by atoms with van der Waals surface area (Å²) in [4.78, 5) is 13.2. The van der Waals surface area contributed by atoms with Gasteiger partial charge in [0, 0.05) is 39.1 Å². The Kier molecular flexibility index (Phi) is 6.04. The second kappa shape index (κ2) is 8.64. The van der Waals surface area contributed by atoms with E-state index in [2.05, 4.69) is 30.2 Å². The summed E-state index contributed by atoms with van der Waals surface area (Å²) in [6.07, 6.45) is 0.616. The number of hydrogen-bond donors (Lipinski definition) is 1. The first kappa shape index (κ1) is 18.2. The molecule has 140 valence electrons. The predicted octanol–water partition coefficient (Wildman–Crippen LogP) is 1.85. The molecule has 0 atom stereocenters. The van der Waals surface area contributed by atoms with Crippen LogP contribution in [0.4, 0.5) is 10.1 Å². The molecule has 0 amide bonds. The van der Waals surface area contributed by atoms with E-state index >= 15 is 0 Å². The van der Waals surface area contributed by atoms with Gasteiger partial charge >= 0.3 is 0 Å². The highest BCUT2D eigenvalue weighted by molar-refractivity contribution is 5.80. The fraction of sp³-hybridized carbons (Fsp3) is 0.500. The summed E-state index contributed by atoms with van der Waals surface area (Å²) in [5.74, 6) is 1.94. The van der Waals surface area contributed by atoms with Crippen molar-refractivity contribution in [3.05, 3.63) is 41.8 Å². The molecule has 0 radical (unpaired) electrons. The standard InChI is InChI=1S/C18H25FN6O/c1-3-20-18(21-9-8-17-22-14(2)23-26-17)25-12-10-24(11-13-25)16-7-5-4-6-15(16)19/h4-7H,3,8-13H2,1-2H3,(H,20,21). The quantitative estimate of drug-likeness (QED) is 0.648. The van der Waals surface area contributed by atoms with Gasteiger partial charge in [-0.2, -0.15) is 4.98 Å². The molecule has 8 heteroatoms. The molecule has 1 N–H and O–H groups in total. The van der Waals surface area contributed by atoms with Gasteiger partial charge in [0.2, 0.25) is 5.89 Å². The van der Waals surface area contributed by atoms with Crippen LogP contribution in [0, 0.1) is 12.7 Å². The number of guanidine groups is 1. The van der Waals surface area contributed by atoms with Crippen molar-refractivity contribution in [3.8, 4) is 0 Å². The molecule has 1 aliphatic rings. The summed E-state index contributed by atoms with van der Waals surface area (Å²) < 4.78 is 19.1.